The average Bonchev–Trinajstić information content (AvgIpc) is 3.00. The molecular formula is C23H32O5. The fourth-order valence-electron chi connectivity index (χ4n) is 7.23. The lowest BCUT2D eigenvalue weighted by Gasteiger charge is -2.57. The van der Waals surface area contributed by atoms with E-state index in [2.05, 4.69) is 13.0 Å². The Balaban J connectivity index is 1.59. The van der Waals surface area contributed by atoms with Crippen molar-refractivity contribution in [2.24, 2.45) is 28.6 Å². The summed E-state index contributed by atoms with van der Waals surface area (Å²) in [7, 11) is 0. The van der Waals surface area contributed by atoms with Crippen LogP contribution in [-0.2, 0) is 23.9 Å². The molecule has 0 amide bonds. The molecule has 0 saturated heterocycles. The number of esters is 2. The molecule has 28 heavy (non-hydrogen) atoms. The van der Waals surface area contributed by atoms with E-state index < -0.39 is 5.41 Å². The van der Waals surface area contributed by atoms with Crippen LogP contribution in [0, 0.1) is 28.6 Å². The second kappa shape index (κ2) is 7.00. The summed E-state index contributed by atoms with van der Waals surface area (Å²) >= 11 is 0. The number of hydrogen-bond acceptors (Lipinski definition) is 5. The summed E-state index contributed by atoms with van der Waals surface area (Å²) in [6.45, 7) is 5.31. The molecule has 4 aliphatic rings. The van der Waals surface area contributed by atoms with Gasteiger partial charge >= 0.3 is 11.9 Å². The Morgan fingerprint density at radius 1 is 1.04 bits per heavy atom. The van der Waals surface area contributed by atoms with Crippen LogP contribution in [0.1, 0.15) is 72.1 Å². The Morgan fingerprint density at radius 3 is 2.46 bits per heavy atom. The number of rotatable bonds is 3. The largest absolute Gasteiger partial charge is 0.462 e. The second-order valence-electron chi connectivity index (χ2n) is 9.68. The van der Waals surface area contributed by atoms with Gasteiger partial charge in [-0.05, 0) is 68.1 Å². The number of fused-ring (bicyclic) bond motifs is 5. The van der Waals surface area contributed by atoms with Crippen LogP contribution in [0.3, 0.4) is 0 Å². The van der Waals surface area contributed by atoms with Crippen LogP contribution in [0.25, 0.3) is 0 Å². The Labute approximate surface area is 167 Å². The van der Waals surface area contributed by atoms with Crippen molar-refractivity contribution in [1.29, 1.82) is 0 Å². The fourth-order valence-corrected chi connectivity index (χ4v) is 7.23. The van der Waals surface area contributed by atoms with E-state index in [0.717, 1.165) is 57.7 Å². The minimum Gasteiger partial charge on any atom is -0.462 e. The van der Waals surface area contributed by atoms with Crippen molar-refractivity contribution < 1.29 is 23.9 Å². The van der Waals surface area contributed by atoms with Crippen LogP contribution in [0.4, 0.5) is 0 Å². The smallest absolute Gasteiger partial charge is 0.302 e. The molecule has 0 radical (unpaired) electrons. The maximum Gasteiger partial charge on any atom is 0.302 e. The van der Waals surface area contributed by atoms with E-state index in [-0.39, 0.29) is 29.6 Å². The molecule has 2 unspecified atom stereocenters. The van der Waals surface area contributed by atoms with E-state index in [0.29, 0.717) is 17.8 Å². The zero-order chi connectivity index (χ0) is 20.1. The lowest BCUT2D eigenvalue weighted by atomic mass is 9.48. The molecule has 3 fully saturated rings. The molecule has 3 saturated carbocycles. The monoisotopic (exact) mass is 388 g/mol. The Kier molecular flexibility index (Phi) is 4.91. The SMILES string of the molecule is CC(=O)OC1CC[C@@]2(C)C(=CC[C@@H]3[C@H]2CC[C@@]2(C=O)C(OC(C)=O)CC[C@@H]32)C1. The molecule has 0 spiro atoms. The van der Waals surface area contributed by atoms with Crippen molar-refractivity contribution in [3.05, 3.63) is 11.6 Å². The van der Waals surface area contributed by atoms with Gasteiger partial charge in [-0.3, -0.25) is 9.59 Å². The zero-order valence-corrected chi connectivity index (χ0v) is 17.2. The molecule has 5 heteroatoms. The minimum atomic E-state index is -0.497. The van der Waals surface area contributed by atoms with Crippen LogP contribution in [-0.4, -0.2) is 30.4 Å². The third-order valence-corrected chi connectivity index (χ3v) is 8.43. The number of carbonyl (C=O) groups is 3. The third-order valence-electron chi connectivity index (χ3n) is 8.43. The fraction of sp³-hybridized carbons (Fsp3) is 0.783. The first-order valence-electron chi connectivity index (χ1n) is 10.8. The zero-order valence-electron chi connectivity index (χ0n) is 17.2. The molecule has 7 atom stereocenters. The molecule has 0 bridgehead atoms. The summed E-state index contributed by atoms with van der Waals surface area (Å²) in [4.78, 5) is 35.2. The molecular weight excluding hydrogens is 356 g/mol. The van der Waals surface area contributed by atoms with Gasteiger partial charge in [0.15, 0.2) is 0 Å². The van der Waals surface area contributed by atoms with Crippen LogP contribution < -0.4 is 0 Å². The van der Waals surface area contributed by atoms with Crippen molar-refractivity contribution in [1.82, 2.24) is 0 Å². The topological polar surface area (TPSA) is 69.7 Å². The van der Waals surface area contributed by atoms with E-state index in [9.17, 15) is 14.4 Å². The van der Waals surface area contributed by atoms with Gasteiger partial charge in [-0.25, -0.2) is 0 Å². The summed E-state index contributed by atoms with van der Waals surface area (Å²) in [6.07, 6.45) is 10.6. The van der Waals surface area contributed by atoms with Gasteiger partial charge < -0.3 is 14.3 Å². The second-order valence-corrected chi connectivity index (χ2v) is 9.68. The maximum absolute atomic E-state index is 12.3. The molecule has 0 heterocycles. The van der Waals surface area contributed by atoms with Crippen LogP contribution in [0.15, 0.2) is 11.6 Å². The molecule has 4 aliphatic carbocycles. The first kappa shape index (κ1) is 19.7. The highest BCUT2D eigenvalue weighted by Gasteiger charge is 2.61. The van der Waals surface area contributed by atoms with E-state index >= 15 is 0 Å². The lowest BCUT2D eigenvalue weighted by molar-refractivity contribution is -0.160. The van der Waals surface area contributed by atoms with Gasteiger partial charge in [-0.2, -0.15) is 0 Å². The molecule has 4 rings (SSSR count). The van der Waals surface area contributed by atoms with Gasteiger partial charge in [0, 0.05) is 20.3 Å². The van der Waals surface area contributed by atoms with Gasteiger partial charge in [0.1, 0.15) is 18.5 Å². The Hall–Kier alpha value is -1.65. The Bertz CT molecular complexity index is 712. The number of allylic oxidation sites excluding steroid dienone is 1. The first-order chi connectivity index (χ1) is 13.3. The number of ether oxygens (including phenoxy) is 2. The third kappa shape index (κ3) is 2.93. The average molecular weight is 389 g/mol. The maximum atomic E-state index is 12.3. The van der Waals surface area contributed by atoms with Gasteiger partial charge in [-0.1, -0.05) is 18.6 Å². The van der Waals surface area contributed by atoms with E-state index in [1.807, 2.05) is 0 Å². The summed E-state index contributed by atoms with van der Waals surface area (Å²) in [6, 6.07) is 0. The summed E-state index contributed by atoms with van der Waals surface area (Å²) in [5.41, 5.74) is 1.08. The molecule has 0 aromatic rings. The van der Waals surface area contributed by atoms with Crippen LogP contribution >= 0.6 is 0 Å². The highest BCUT2D eigenvalue weighted by molar-refractivity contribution is 5.69. The van der Waals surface area contributed by atoms with Gasteiger partial charge in [0.2, 0.25) is 0 Å². The number of carbonyl (C=O) groups excluding carboxylic acids is 3. The van der Waals surface area contributed by atoms with Crippen molar-refractivity contribution in [2.75, 3.05) is 0 Å². The molecule has 154 valence electrons. The first-order valence-corrected chi connectivity index (χ1v) is 10.8. The van der Waals surface area contributed by atoms with Crippen LogP contribution in [0.5, 0.6) is 0 Å². The predicted octanol–water partition coefficient (Wildman–Crippen LogP) is 3.99. The highest BCUT2D eigenvalue weighted by Crippen LogP contribution is 2.64. The van der Waals surface area contributed by atoms with Crippen molar-refractivity contribution >= 4 is 18.2 Å². The summed E-state index contributed by atoms with van der Waals surface area (Å²) < 4.78 is 11.1. The van der Waals surface area contributed by atoms with Crippen LogP contribution in [0.2, 0.25) is 0 Å². The van der Waals surface area contributed by atoms with Crippen molar-refractivity contribution in [3.63, 3.8) is 0 Å². The molecule has 5 nitrogen and oxygen atoms in total. The molecule has 0 aromatic heterocycles. The van der Waals surface area contributed by atoms with Gasteiger partial charge in [-0.15, -0.1) is 0 Å². The van der Waals surface area contributed by atoms with Gasteiger partial charge in [0.25, 0.3) is 0 Å². The lowest BCUT2D eigenvalue weighted by Crippen LogP contribution is -2.53. The minimum absolute atomic E-state index is 0.00542. The predicted molar refractivity (Wildman–Crippen MR) is 103 cm³/mol. The van der Waals surface area contributed by atoms with Crippen molar-refractivity contribution in [3.8, 4) is 0 Å². The Morgan fingerprint density at radius 2 is 1.79 bits per heavy atom. The van der Waals surface area contributed by atoms with E-state index in [1.165, 1.54) is 19.4 Å². The summed E-state index contributed by atoms with van der Waals surface area (Å²) in [5, 5.41) is 0. The van der Waals surface area contributed by atoms with E-state index in [1.54, 1.807) is 0 Å². The normalized spacial score (nSPS) is 44.4. The quantitative estimate of drug-likeness (QED) is 0.415. The number of aldehydes is 1. The molecule has 0 N–H and O–H groups in total. The summed E-state index contributed by atoms with van der Waals surface area (Å²) in [5.74, 6) is 0.849. The van der Waals surface area contributed by atoms with Crippen molar-refractivity contribution in [2.45, 2.75) is 84.3 Å². The molecule has 0 aromatic carbocycles. The standard InChI is InChI=1S/C23H32O5/c1-14(25)27-17-8-10-22(3)16(12-17)4-5-18-19(22)9-11-23(13-24)20(18)6-7-21(23)28-15(2)26/h4,13,17-21H,5-12H2,1-3H3/t17?,18-,19-,20+,21?,22+,23+/m1/s1. The van der Waals surface area contributed by atoms with Gasteiger partial charge in [0.05, 0.1) is 5.41 Å². The molecule has 0 aliphatic heterocycles. The number of hydrogen-bond donors (Lipinski definition) is 0. The van der Waals surface area contributed by atoms with E-state index in [4.69, 9.17) is 9.47 Å². The highest BCUT2D eigenvalue weighted by atomic mass is 16.5.